The average Bonchev–Trinajstić information content (AvgIpc) is 3.24. The van der Waals surface area contributed by atoms with E-state index in [-0.39, 0.29) is 21.4 Å². The molecule has 0 bridgehead atoms. The monoisotopic (exact) mass is 474 g/mol. The third kappa shape index (κ3) is 4.14. The Labute approximate surface area is 193 Å². The minimum absolute atomic E-state index is 0.0927. The second kappa shape index (κ2) is 9.21. The summed E-state index contributed by atoms with van der Waals surface area (Å²) in [5.41, 5.74) is 2.33. The highest BCUT2D eigenvalue weighted by Gasteiger charge is 2.29. The van der Waals surface area contributed by atoms with E-state index in [1.165, 1.54) is 28.1 Å². The molecular formula is C23H27ClN4O3S. The Kier molecular flexibility index (Phi) is 6.55. The molecule has 0 aliphatic carbocycles. The Balaban J connectivity index is 1.52. The molecule has 1 amide bonds. The van der Waals surface area contributed by atoms with Gasteiger partial charge in [0.1, 0.15) is 5.65 Å². The molecule has 1 fully saturated rings. The number of pyridine rings is 1. The van der Waals surface area contributed by atoms with Crippen molar-refractivity contribution in [3.05, 3.63) is 58.9 Å². The molecule has 0 saturated carbocycles. The molecule has 0 atom stereocenters. The smallest absolute Gasteiger partial charge is 0.255 e. The van der Waals surface area contributed by atoms with Gasteiger partial charge in [0.05, 0.1) is 15.5 Å². The molecule has 170 valence electrons. The summed E-state index contributed by atoms with van der Waals surface area (Å²) in [4.78, 5) is 22.7. The lowest BCUT2D eigenvalue weighted by Gasteiger charge is -2.32. The molecular weight excluding hydrogens is 448 g/mol. The molecule has 1 N–H and O–H groups in total. The molecule has 1 aliphatic rings. The first kappa shape index (κ1) is 22.8. The maximum absolute atomic E-state index is 13.2. The predicted molar refractivity (Wildman–Crippen MR) is 126 cm³/mol. The first-order valence-electron chi connectivity index (χ1n) is 10.9. The lowest BCUT2D eigenvalue weighted by atomic mass is 9.89. The van der Waals surface area contributed by atoms with Crippen LogP contribution in [0.15, 0.2) is 47.6 Å². The lowest BCUT2D eigenvalue weighted by molar-refractivity contribution is 0.0713. The number of hydrogen-bond donors (Lipinski definition) is 1. The molecule has 32 heavy (non-hydrogen) atoms. The molecule has 1 aromatic carbocycles. The van der Waals surface area contributed by atoms with E-state index in [0.717, 1.165) is 23.9 Å². The summed E-state index contributed by atoms with van der Waals surface area (Å²) in [5.74, 6) is 0.104. The Morgan fingerprint density at radius 2 is 1.94 bits per heavy atom. The van der Waals surface area contributed by atoms with Gasteiger partial charge in [-0.05, 0) is 54.7 Å². The van der Waals surface area contributed by atoms with Crippen LogP contribution in [0.4, 0.5) is 0 Å². The number of rotatable bonds is 6. The van der Waals surface area contributed by atoms with E-state index < -0.39 is 10.0 Å². The van der Waals surface area contributed by atoms with Gasteiger partial charge in [-0.2, -0.15) is 4.31 Å². The molecule has 0 radical (unpaired) electrons. The molecule has 4 rings (SSSR count). The van der Waals surface area contributed by atoms with E-state index in [1.807, 2.05) is 12.3 Å². The fourth-order valence-electron chi connectivity index (χ4n) is 4.42. The highest BCUT2D eigenvalue weighted by atomic mass is 35.5. The quantitative estimate of drug-likeness (QED) is 0.578. The number of likely N-dealkylation sites (tertiary alicyclic amines) is 1. The SMILES string of the molecule is CCN(CC)S(=O)(=O)c1ccc(Cl)c(C(=O)N2CCC(c3c[nH]c4ncccc34)CC2)c1. The van der Waals surface area contributed by atoms with Crippen molar-refractivity contribution in [1.82, 2.24) is 19.2 Å². The number of carbonyl (C=O) groups is 1. The van der Waals surface area contributed by atoms with Crippen LogP contribution in [0.1, 0.15) is 48.5 Å². The average molecular weight is 475 g/mol. The molecule has 0 unspecified atom stereocenters. The van der Waals surface area contributed by atoms with Crippen molar-refractivity contribution in [2.75, 3.05) is 26.2 Å². The van der Waals surface area contributed by atoms with E-state index in [0.29, 0.717) is 32.1 Å². The Hall–Kier alpha value is -2.42. The first-order chi connectivity index (χ1) is 15.4. The van der Waals surface area contributed by atoms with Crippen molar-refractivity contribution >= 4 is 38.6 Å². The summed E-state index contributed by atoms with van der Waals surface area (Å²) in [7, 11) is -3.67. The van der Waals surface area contributed by atoms with Crippen molar-refractivity contribution < 1.29 is 13.2 Å². The standard InChI is InChI=1S/C23H27ClN4O3S/c1-3-28(4-2)32(30,31)17-7-8-21(24)19(14-17)23(29)27-12-9-16(10-13-27)20-15-26-22-18(20)6-5-11-25-22/h5-8,11,14-16H,3-4,9-10,12-13H2,1-2H3,(H,25,26). The van der Waals surface area contributed by atoms with Crippen LogP contribution < -0.4 is 0 Å². The number of H-pyrrole nitrogens is 1. The van der Waals surface area contributed by atoms with Crippen LogP contribution in [0.25, 0.3) is 11.0 Å². The number of nitrogens with one attached hydrogen (secondary N) is 1. The summed E-state index contributed by atoms with van der Waals surface area (Å²) >= 11 is 6.32. The third-order valence-electron chi connectivity index (χ3n) is 6.22. The normalized spacial score (nSPS) is 15.6. The summed E-state index contributed by atoms with van der Waals surface area (Å²) in [5, 5.41) is 1.38. The minimum atomic E-state index is -3.67. The first-order valence-corrected chi connectivity index (χ1v) is 12.7. The fraction of sp³-hybridized carbons (Fsp3) is 0.391. The topological polar surface area (TPSA) is 86.4 Å². The van der Waals surface area contributed by atoms with Crippen LogP contribution in [0.2, 0.25) is 5.02 Å². The lowest BCUT2D eigenvalue weighted by Crippen LogP contribution is -2.38. The fourth-order valence-corrected chi connectivity index (χ4v) is 6.10. The number of aromatic amines is 1. The molecule has 7 nitrogen and oxygen atoms in total. The maximum Gasteiger partial charge on any atom is 0.255 e. The van der Waals surface area contributed by atoms with Gasteiger partial charge in [0.15, 0.2) is 0 Å². The summed E-state index contributed by atoms with van der Waals surface area (Å²) in [6, 6.07) is 8.36. The van der Waals surface area contributed by atoms with Gasteiger partial charge in [0, 0.05) is 44.0 Å². The van der Waals surface area contributed by atoms with Crippen molar-refractivity contribution in [2.24, 2.45) is 0 Å². The van der Waals surface area contributed by atoms with E-state index in [1.54, 1.807) is 24.9 Å². The van der Waals surface area contributed by atoms with Crippen molar-refractivity contribution in [2.45, 2.75) is 37.5 Å². The number of hydrogen-bond acceptors (Lipinski definition) is 4. The predicted octanol–water partition coefficient (Wildman–Crippen LogP) is 4.27. The number of carbonyl (C=O) groups excluding carboxylic acids is 1. The highest BCUT2D eigenvalue weighted by molar-refractivity contribution is 7.89. The number of sulfonamides is 1. The summed E-state index contributed by atoms with van der Waals surface area (Å²) in [6.45, 7) is 5.47. The zero-order chi connectivity index (χ0) is 22.9. The Morgan fingerprint density at radius 3 is 2.62 bits per heavy atom. The van der Waals surface area contributed by atoms with Crippen LogP contribution in [0.5, 0.6) is 0 Å². The molecule has 3 heterocycles. The zero-order valence-electron chi connectivity index (χ0n) is 18.2. The zero-order valence-corrected chi connectivity index (χ0v) is 19.8. The van der Waals surface area contributed by atoms with Gasteiger partial charge in [-0.1, -0.05) is 25.4 Å². The van der Waals surface area contributed by atoms with Gasteiger partial charge >= 0.3 is 0 Å². The number of amides is 1. The van der Waals surface area contributed by atoms with Crippen LogP contribution in [-0.4, -0.2) is 59.7 Å². The third-order valence-corrected chi connectivity index (χ3v) is 8.59. The number of piperidine rings is 1. The second-order valence-electron chi connectivity index (χ2n) is 7.94. The molecule has 9 heteroatoms. The van der Waals surface area contributed by atoms with Crippen LogP contribution in [-0.2, 0) is 10.0 Å². The number of halogens is 1. The van der Waals surface area contributed by atoms with E-state index in [4.69, 9.17) is 11.6 Å². The molecule has 2 aromatic heterocycles. The van der Waals surface area contributed by atoms with Crippen LogP contribution in [0.3, 0.4) is 0 Å². The molecule has 1 aliphatic heterocycles. The summed E-state index contributed by atoms with van der Waals surface area (Å²) < 4.78 is 27.1. The molecule has 0 spiro atoms. The van der Waals surface area contributed by atoms with Crippen LogP contribution >= 0.6 is 11.6 Å². The largest absolute Gasteiger partial charge is 0.346 e. The van der Waals surface area contributed by atoms with Crippen molar-refractivity contribution in [3.8, 4) is 0 Å². The van der Waals surface area contributed by atoms with Crippen molar-refractivity contribution in [1.29, 1.82) is 0 Å². The number of benzene rings is 1. The van der Waals surface area contributed by atoms with Gasteiger partial charge < -0.3 is 9.88 Å². The Bertz CT molecular complexity index is 1230. The number of aromatic nitrogens is 2. The van der Waals surface area contributed by atoms with Gasteiger partial charge in [-0.25, -0.2) is 13.4 Å². The van der Waals surface area contributed by atoms with Crippen molar-refractivity contribution in [3.63, 3.8) is 0 Å². The van der Waals surface area contributed by atoms with Gasteiger partial charge in [-0.15, -0.1) is 0 Å². The van der Waals surface area contributed by atoms with Crippen LogP contribution in [0, 0.1) is 0 Å². The molecule has 3 aromatic rings. The Morgan fingerprint density at radius 1 is 1.22 bits per heavy atom. The van der Waals surface area contributed by atoms with E-state index in [2.05, 4.69) is 16.0 Å². The number of nitrogens with zero attached hydrogens (tertiary/aromatic N) is 3. The van der Waals surface area contributed by atoms with E-state index >= 15 is 0 Å². The van der Waals surface area contributed by atoms with Gasteiger partial charge in [0.25, 0.3) is 5.91 Å². The molecule has 1 saturated heterocycles. The number of fused-ring (bicyclic) bond motifs is 1. The maximum atomic E-state index is 13.2. The van der Waals surface area contributed by atoms with E-state index in [9.17, 15) is 13.2 Å². The minimum Gasteiger partial charge on any atom is -0.346 e. The highest BCUT2D eigenvalue weighted by Crippen LogP contribution is 2.33. The second-order valence-corrected chi connectivity index (χ2v) is 10.3. The summed E-state index contributed by atoms with van der Waals surface area (Å²) in [6.07, 6.45) is 5.42. The van der Waals surface area contributed by atoms with Gasteiger partial charge in [0.2, 0.25) is 10.0 Å². The van der Waals surface area contributed by atoms with Gasteiger partial charge in [-0.3, -0.25) is 4.79 Å².